The van der Waals surface area contributed by atoms with Gasteiger partial charge in [-0.1, -0.05) is 0 Å². The van der Waals surface area contributed by atoms with Crippen LogP contribution in [0.4, 0.5) is 0 Å². The Hall–Kier alpha value is -0.747. The van der Waals surface area contributed by atoms with Gasteiger partial charge < -0.3 is 24.8 Å². The molecule has 2 aromatic rings. The predicted molar refractivity (Wildman–Crippen MR) is 113 cm³/mol. The number of allylic oxidation sites excluding steroid dienone is 4. The molecule has 0 aliphatic heterocycles. The van der Waals surface area contributed by atoms with Gasteiger partial charge in [0.1, 0.15) is 0 Å². The van der Waals surface area contributed by atoms with Gasteiger partial charge in [-0.05, 0) is 0 Å². The molecule has 0 nitrogen and oxygen atoms in total. The molecule has 0 saturated heterocycles. The molecule has 0 aromatic heterocycles. The van der Waals surface area contributed by atoms with Crippen LogP contribution in [0.15, 0.2) is 63.0 Å². The number of halogens is 2. The fourth-order valence-electron chi connectivity index (χ4n) is 5.28. The summed E-state index contributed by atoms with van der Waals surface area (Å²) in [7, 11) is 0. The van der Waals surface area contributed by atoms with Crippen LogP contribution in [0.5, 0.6) is 0 Å². The third-order valence-electron chi connectivity index (χ3n) is 6.89. The Morgan fingerprint density at radius 2 is 1.52 bits per heavy atom. The van der Waals surface area contributed by atoms with Crippen molar-refractivity contribution < 1.29 is 46.1 Å². The van der Waals surface area contributed by atoms with Crippen molar-refractivity contribution in [2.24, 2.45) is 0 Å². The van der Waals surface area contributed by atoms with Gasteiger partial charge in [-0.15, -0.1) is 0 Å². The summed E-state index contributed by atoms with van der Waals surface area (Å²) in [6.45, 7) is 4.72. The third-order valence-corrected chi connectivity index (χ3v) is 15.2. The van der Waals surface area contributed by atoms with E-state index in [2.05, 4.69) is 62.4 Å². The first kappa shape index (κ1) is 22.9. The van der Waals surface area contributed by atoms with E-state index < -0.39 is 21.3 Å². The molecule has 1 fully saturated rings. The number of benzene rings is 2. The maximum absolute atomic E-state index is 2.52. The second-order valence-corrected chi connectivity index (χ2v) is 14.8. The van der Waals surface area contributed by atoms with Crippen molar-refractivity contribution in [3.63, 3.8) is 0 Å². The molecule has 0 amide bonds. The Balaban J connectivity index is 0.00000120. The van der Waals surface area contributed by atoms with Crippen molar-refractivity contribution in [2.45, 2.75) is 58.8 Å². The molecule has 0 heterocycles. The van der Waals surface area contributed by atoms with E-state index in [1.54, 1.807) is 14.4 Å². The summed E-state index contributed by atoms with van der Waals surface area (Å²) in [6, 6.07) is 16.3. The summed E-state index contributed by atoms with van der Waals surface area (Å²) in [5.74, 6) is 0. The molecule has 0 N–H and O–H groups in total. The van der Waals surface area contributed by atoms with Crippen molar-refractivity contribution in [3.8, 4) is 11.1 Å². The summed E-state index contributed by atoms with van der Waals surface area (Å²) in [4.78, 5) is 0. The van der Waals surface area contributed by atoms with Crippen LogP contribution in [0.2, 0.25) is 0 Å². The number of rotatable bonds is 2. The van der Waals surface area contributed by atoms with Gasteiger partial charge in [0.05, 0.1) is 0 Å². The monoisotopic (exact) mass is 500 g/mol. The standard InChI is InChI=1S/C13H9.C7H9.C6H10.2ClH.Zr/c1-3-7-12-10(5-1)9-11-6-2-4-8-13(11)12;1-6-4-3-5-7(6)2;1-2-4-6-5-3-1;;;/h1-5,7-8H,9H2;4H,3H2,1-2H3;1-5H2;2*1H;/q;;;;;+2/p-2. The molecular formula is C26H28Cl2Zr. The van der Waals surface area contributed by atoms with Crippen LogP contribution < -0.4 is 28.1 Å². The molecule has 2 aromatic carbocycles. The Kier molecular flexibility index (Phi) is 7.58. The van der Waals surface area contributed by atoms with Crippen molar-refractivity contribution in [3.05, 3.63) is 74.1 Å². The van der Waals surface area contributed by atoms with Crippen molar-refractivity contribution in [1.82, 2.24) is 0 Å². The van der Waals surface area contributed by atoms with Crippen LogP contribution in [0.1, 0.15) is 63.5 Å². The maximum atomic E-state index is 2.52. The zero-order valence-electron chi connectivity index (χ0n) is 17.3. The molecule has 0 radical (unpaired) electrons. The number of hydrogen-bond donors (Lipinski definition) is 0. The first-order chi connectivity index (χ1) is 13.2. The topological polar surface area (TPSA) is 0 Å². The minimum Gasteiger partial charge on any atom is -1.00 e. The Labute approximate surface area is 195 Å². The molecule has 0 unspecified atom stereocenters. The summed E-state index contributed by atoms with van der Waals surface area (Å²) < 4.78 is 5.65. The molecule has 150 valence electrons. The first-order valence-corrected chi connectivity index (χ1v) is 14.2. The second-order valence-electron chi connectivity index (χ2n) is 8.40. The van der Waals surface area contributed by atoms with Crippen LogP contribution in [0, 0.1) is 0 Å². The molecule has 0 bridgehead atoms. The average Bonchev–Trinajstić information content (AvgIpc) is 3.25. The Morgan fingerprint density at radius 3 is 2.24 bits per heavy atom. The molecule has 3 heteroatoms. The molecule has 3 aliphatic rings. The van der Waals surface area contributed by atoms with Crippen LogP contribution in [-0.2, 0) is 27.7 Å². The van der Waals surface area contributed by atoms with Crippen molar-refractivity contribution in [1.29, 1.82) is 0 Å². The molecular weight excluding hydrogens is 474 g/mol. The molecule has 1 saturated carbocycles. The minimum atomic E-state index is -2.00. The predicted octanol–water partition coefficient (Wildman–Crippen LogP) is 0.270. The first-order valence-electron chi connectivity index (χ1n) is 10.5. The smallest absolute Gasteiger partial charge is 1.00 e. The zero-order valence-corrected chi connectivity index (χ0v) is 21.3. The van der Waals surface area contributed by atoms with Crippen LogP contribution in [0.3, 0.4) is 0 Å². The summed E-state index contributed by atoms with van der Waals surface area (Å²) in [5.41, 5.74) is 9.39. The van der Waals surface area contributed by atoms with E-state index in [1.807, 2.05) is 6.49 Å². The van der Waals surface area contributed by atoms with E-state index >= 15 is 0 Å². The molecule has 29 heavy (non-hydrogen) atoms. The van der Waals surface area contributed by atoms with Gasteiger partial charge in [-0.25, -0.2) is 0 Å². The Bertz CT molecular complexity index is 1020. The molecule has 3 aliphatic carbocycles. The van der Waals surface area contributed by atoms with Crippen LogP contribution in [0.25, 0.3) is 11.1 Å². The second kappa shape index (κ2) is 9.59. The quantitative estimate of drug-likeness (QED) is 0.472. The Morgan fingerprint density at radius 1 is 0.793 bits per heavy atom. The average molecular weight is 503 g/mol. The summed E-state index contributed by atoms with van der Waals surface area (Å²) >= 11 is -2.00. The molecule has 5 rings (SSSR count). The van der Waals surface area contributed by atoms with Gasteiger partial charge in [0, 0.05) is 0 Å². The maximum Gasteiger partial charge on any atom is -1.00 e. The van der Waals surface area contributed by atoms with E-state index in [4.69, 9.17) is 0 Å². The SMILES string of the molecule is CC1=CC[C]([Zr+2](=[C]2CCCCC2)[c]2cccc3c2Cc2ccccc2-3)=C1C.[Cl-].[Cl-]. The van der Waals surface area contributed by atoms with Gasteiger partial charge in [0.25, 0.3) is 0 Å². The third kappa shape index (κ3) is 4.08. The van der Waals surface area contributed by atoms with E-state index in [0.29, 0.717) is 0 Å². The van der Waals surface area contributed by atoms with Gasteiger partial charge >= 0.3 is 172 Å². The van der Waals surface area contributed by atoms with E-state index in [9.17, 15) is 0 Å². The zero-order chi connectivity index (χ0) is 18.4. The van der Waals surface area contributed by atoms with Crippen molar-refractivity contribution in [2.75, 3.05) is 0 Å². The minimum absolute atomic E-state index is 0. The normalized spacial score (nSPS) is 16.9. The van der Waals surface area contributed by atoms with E-state index in [0.717, 1.165) is 6.42 Å². The number of fused-ring (bicyclic) bond motifs is 3. The van der Waals surface area contributed by atoms with Gasteiger partial charge in [-0.3, -0.25) is 0 Å². The van der Waals surface area contributed by atoms with Gasteiger partial charge in [-0.2, -0.15) is 0 Å². The van der Waals surface area contributed by atoms with Crippen LogP contribution >= 0.6 is 0 Å². The summed E-state index contributed by atoms with van der Waals surface area (Å²) in [6.07, 6.45) is 12.0. The molecule has 0 atom stereocenters. The molecule has 0 spiro atoms. The van der Waals surface area contributed by atoms with Gasteiger partial charge in [0.2, 0.25) is 0 Å². The van der Waals surface area contributed by atoms with E-state index in [1.165, 1.54) is 60.8 Å². The van der Waals surface area contributed by atoms with Crippen molar-refractivity contribution >= 4 is 6.48 Å². The largest absolute Gasteiger partial charge is 1.00 e. The van der Waals surface area contributed by atoms with E-state index in [-0.39, 0.29) is 24.8 Å². The van der Waals surface area contributed by atoms with Crippen LogP contribution in [-0.4, -0.2) is 3.21 Å². The van der Waals surface area contributed by atoms with Gasteiger partial charge in [0.15, 0.2) is 0 Å². The fourth-order valence-corrected chi connectivity index (χ4v) is 14.3. The fraction of sp³-hybridized carbons (Fsp3) is 0.346. The number of hydrogen-bond acceptors (Lipinski definition) is 0. The summed E-state index contributed by atoms with van der Waals surface area (Å²) in [5, 5.41) is 0.